The van der Waals surface area contributed by atoms with E-state index < -0.39 is 35.4 Å². The Bertz CT molecular complexity index is 3010. The van der Waals surface area contributed by atoms with Crippen molar-refractivity contribution < 1.29 is 33.8 Å². The van der Waals surface area contributed by atoms with Gasteiger partial charge in [-0.25, -0.2) is 4.98 Å². The molecule has 0 bridgehead atoms. The molecule has 0 radical (unpaired) electrons. The Morgan fingerprint density at radius 1 is 0.901 bits per heavy atom. The monoisotopic (exact) mass is 1130 g/mol. The minimum absolute atomic E-state index is 0.00313. The Balaban J connectivity index is 0.775. The highest BCUT2D eigenvalue weighted by atomic mass is 32.1. The van der Waals surface area contributed by atoms with Gasteiger partial charge in [-0.05, 0) is 136 Å². The minimum atomic E-state index is -0.940. The molecule has 0 aliphatic carbocycles. The van der Waals surface area contributed by atoms with Gasteiger partial charge in [-0.15, -0.1) is 11.3 Å². The lowest BCUT2D eigenvalue weighted by Crippen LogP contribution is -2.58. The van der Waals surface area contributed by atoms with Gasteiger partial charge in [0.25, 0.3) is 11.5 Å². The van der Waals surface area contributed by atoms with Gasteiger partial charge in [0.05, 0.1) is 28.2 Å². The molecule has 3 fully saturated rings. The molecule has 2 aromatic heterocycles. The molecule has 0 saturated carbocycles. The smallest absolute Gasteiger partial charge is 0.253 e. The van der Waals surface area contributed by atoms with E-state index in [1.54, 1.807) is 11.3 Å². The molecule has 5 aromatic rings. The number of aromatic nitrogens is 2. The zero-order chi connectivity index (χ0) is 58.0. The second-order valence-electron chi connectivity index (χ2n) is 23.4. The van der Waals surface area contributed by atoms with Crippen molar-refractivity contribution in [3.63, 3.8) is 0 Å². The number of amides is 4. The number of benzene rings is 3. The molecule has 4 amide bonds. The molecular weight excluding hydrogens is 1040 g/mol. The Kier molecular flexibility index (Phi) is 20.8. The summed E-state index contributed by atoms with van der Waals surface area (Å²) in [5.41, 5.74) is 11.8. The van der Waals surface area contributed by atoms with Gasteiger partial charge >= 0.3 is 0 Å². The third kappa shape index (κ3) is 15.6. The lowest BCUT2D eigenvalue weighted by molar-refractivity contribution is -0.144. The first kappa shape index (κ1) is 60.8. The molecule has 18 heteroatoms. The van der Waals surface area contributed by atoms with Gasteiger partial charge in [0.15, 0.2) is 0 Å². The maximum atomic E-state index is 14.2. The molecular formula is C63H85N9O8S. The van der Waals surface area contributed by atoms with E-state index in [0.717, 1.165) is 127 Å². The zero-order valence-corrected chi connectivity index (χ0v) is 49.8. The van der Waals surface area contributed by atoms with E-state index in [2.05, 4.69) is 77.9 Å². The first-order chi connectivity index (χ1) is 38.8. The lowest BCUT2D eigenvalue weighted by atomic mass is 9.85. The first-order valence-corrected chi connectivity index (χ1v) is 29.8. The number of β-amino-alcohol motifs (C(OH)–C–C–N with tert-alkyl or cyclic N) is 1. The number of aryl methyl sites for hydroxylation is 3. The summed E-state index contributed by atoms with van der Waals surface area (Å²) in [5.74, 6) is -1.39. The minimum Gasteiger partial charge on any atom is -0.391 e. The molecule has 2 unspecified atom stereocenters. The predicted molar refractivity (Wildman–Crippen MR) is 319 cm³/mol. The largest absolute Gasteiger partial charge is 0.391 e. The quantitative estimate of drug-likeness (QED) is 0.0426. The van der Waals surface area contributed by atoms with Crippen LogP contribution in [0.15, 0.2) is 77.0 Å². The number of thiazole rings is 1. The fourth-order valence-electron chi connectivity index (χ4n) is 11.5. The third-order valence-electron chi connectivity index (χ3n) is 16.3. The molecule has 436 valence electrons. The first-order valence-electron chi connectivity index (χ1n) is 28.9. The van der Waals surface area contributed by atoms with Crippen LogP contribution >= 0.6 is 11.3 Å². The number of piperazine rings is 1. The van der Waals surface area contributed by atoms with Gasteiger partial charge in [0, 0.05) is 107 Å². The van der Waals surface area contributed by atoms with Gasteiger partial charge in [-0.2, -0.15) is 0 Å². The highest BCUT2D eigenvalue weighted by Crippen LogP contribution is 2.35. The number of anilines is 1. The number of likely N-dealkylation sites (tertiary alicyclic amines) is 1. The summed E-state index contributed by atoms with van der Waals surface area (Å²) in [4.78, 5) is 85.2. The number of H-pyrrole nitrogens is 1. The molecule has 81 heavy (non-hydrogen) atoms. The Morgan fingerprint density at radius 2 is 1.59 bits per heavy atom. The number of aliphatic hydroxyl groups excluding tert-OH is 1. The highest BCUT2D eigenvalue weighted by molar-refractivity contribution is 7.13. The van der Waals surface area contributed by atoms with Crippen molar-refractivity contribution in [1.29, 1.82) is 0 Å². The average Bonchev–Trinajstić information content (AvgIpc) is 4.07. The van der Waals surface area contributed by atoms with Crippen LogP contribution in [-0.4, -0.2) is 150 Å². The summed E-state index contributed by atoms with van der Waals surface area (Å²) in [7, 11) is 0. The van der Waals surface area contributed by atoms with Crippen LogP contribution in [0, 0.1) is 33.1 Å². The Hall–Kier alpha value is -6.28. The summed E-state index contributed by atoms with van der Waals surface area (Å²) in [6.07, 6.45) is 2.79. The number of ether oxygens (including phenoxy) is 2. The number of carbonyl (C=O) groups excluding carboxylic acids is 4. The molecule has 5 heterocycles. The normalized spacial score (nSPS) is 18.1. The van der Waals surface area contributed by atoms with E-state index in [-0.39, 0.29) is 49.5 Å². The molecule has 3 aliphatic rings. The number of pyridine rings is 1. The van der Waals surface area contributed by atoms with Gasteiger partial charge in [0.2, 0.25) is 17.7 Å². The molecule has 5 N–H and O–H groups in total. The molecule has 4 atom stereocenters. The van der Waals surface area contributed by atoms with E-state index in [9.17, 15) is 29.1 Å². The standard InChI is InChI=1S/C63H85N9O8S/c1-10-71(50-21-29-79-30-22-50)54-33-49(32-52(42(54)4)59(75)64-35-53-40(2)31-41(3)66-60(53)76)47-15-13-45(14-16-47)36-70-26-24-69(25-27-70)23-11-12-28-80-38-56(74)68-58(63(7,8)9)62(78)72-37-51(73)34-55(72)61(77)67-43(5)46-17-19-48(20-18-46)57-44(6)65-39-81-57/h13-20,31-33,39,43,50-51,55,58,73H,10-12,21-30,34-38H2,1-9H3,(H,64,75)(H,66,76)(H,67,77)(H,68,74)/t43?,51-,55+,58?/m1/s1. The van der Waals surface area contributed by atoms with Gasteiger partial charge in [-0.3, -0.25) is 28.9 Å². The van der Waals surface area contributed by atoms with Crippen LogP contribution in [0.1, 0.15) is 122 Å². The SMILES string of the molecule is CCN(c1cc(-c2ccc(CN3CCN(CCCCOCC(=O)NC(C(=O)N4C[C@H](O)C[C@H]4C(=O)NC(C)c4ccc(-c5scnc5C)cc4)C(C)(C)C)CC3)cc2)cc(C(=O)NCc2c(C)cc(C)[nH]c2=O)c1C)C1CCOCC1. The number of nitrogens with one attached hydrogen (secondary N) is 4. The van der Waals surface area contributed by atoms with Crippen LogP contribution in [0.4, 0.5) is 5.69 Å². The predicted octanol–water partition coefficient (Wildman–Crippen LogP) is 7.62. The van der Waals surface area contributed by atoms with E-state index in [1.165, 1.54) is 10.5 Å². The highest BCUT2D eigenvalue weighted by Gasteiger charge is 2.45. The second kappa shape index (κ2) is 27.7. The summed E-state index contributed by atoms with van der Waals surface area (Å²) in [5, 5.41) is 19.7. The molecule has 3 saturated heterocycles. The number of nitrogens with zero attached hydrogens (tertiary/aromatic N) is 5. The van der Waals surface area contributed by atoms with Crippen LogP contribution in [-0.2, 0) is 36.9 Å². The van der Waals surface area contributed by atoms with Gasteiger partial charge in [-0.1, -0.05) is 69.3 Å². The van der Waals surface area contributed by atoms with Crippen molar-refractivity contribution in [3.05, 3.63) is 127 Å². The number of hydrogen-bond donors (Lipinski definition) is 5. The number of carbonyl (C=O) groups is 4. The fourth-order valence-corrected chi connectivity index (χ4v) is 12.4. The van der Waals surface area contributed by atoms with Crippen molar-refractivity contribution >= 4 is 40.7 Å². The Labute approximate surface area is 482 Å². The van der Waals surface area contributed by atoms with Crippen molar-refractivity contribution in [2.75, 3.05) is 77.1 Å². The molecule has 0 spiro atoms. The number of rotatable bonds is 22. The fraction of sp³-hybridized carbons (Fsp3) is 0.524. The number of unbranched alkanes of at least 4 members (excludes halogenated alkanes) is 1. The maximum Gasteiger partial charge on any atom is 0.253 e. The van der Waals surface area contributed by atoms with Crippen molar-refractivity contribution in [2.45, 2.75) is 138 Å². The zero-order valence-electron chi connectivity index (χ0n) is 49.0. The summed E-state index contributed by atoms with van der Waals surface area (Å²) >= 11 is 1.58. The molecule has 8 rings (SSSR count). The van der Waals surface area contributed by atoms with Crippen LogP contribution in [0.3, 0.4) is 0 Å². The molecule has 3 aliphatic heterocycles. The maximum absolute atomic E-state index is 14.2. The topological polar surface area (TPSA) is 202 Å². The van der Waals surface area contributed by atoms with Gasteiger partial charge < -0.3 is 50.2 Å². The molecule has 17 nitrogen and oxygen atoms in total. The summed E-state index contributed by atoms with van der Waals surface area (Å²) < 4.78 is 11.5. The van der Waals surface area contributed by atoms with E-state index >= 15 is 0 Å². The Morgan fingerprint density at radius 3 is 2.25 bits per heavy atom. The average molecular weight is 1130 g/mol. The number of aliphatic hydroxyl groups is 1. The number of aromatic amines is 1. The third-order valence-corrected chi connectivity index (χ3v) is 17.3. The van der Waals surface area contributed by atoms with Crippen LogP contribution in [0.5, 0.6) is 0 Å². The van der Waals surface area contributed by atoms with E-state index in [4.69, 9.17) is 9.47 Å². The second-order valence-corrected chi connectivity index (χ2v) is 24.2. The van der Waals surface area contributed by atoms with Crippen molar-refractivity contribution in [2.24, 2.45) is 5.41 Å². The van der Waals surface area contributed by atoms with Crippen molar-refractivity contribution in [1.82, 2.24) is 40.6 Å². The summed E-state index contributed by atoms with van der Waals surface area (Å²) in [6.45, 7) is 25.6. The van der Waals surface area contributed by atoms with E-state index in [0.29, 0.717) is 37.0 Å². The number of hydrogen-bond acceptors (Lipinski definition) is 13. The summed E-state index contributed by atoms with van der Waals surface area (Å²) in [6, 6.07) is 20.9. The molecule has 3 aromatic carbocycles. The lowest BCUT2D eigenvalue weighted by Gasteiger charge is -2.37. The van der Waals surface area contributed by atoms with Crippen LogP contribution in [0.25, 0.3) is 21.6 Å². The van der Waals surface area contributed by atoms with Crippen LogP contribution in [0.2, 0.25) is 0 Å². The van der Waals surface area contributed by atoms with Crippen molar-refractivity contribution in [3.8, 4) is 21.6 Å². The van der Waals surface area contributed by atoms with E-state index in [1.807, 2.05) is 97.3 Å². The van der Waals surface area contributed by atoms with Crippen LogP contribution < -0.4 is 26.4 Å². The van der Waals surface area contributed by atoms with Gasteiger partial charge in [0.1, 0.15) is 18.7 Å².